The summed E-state index contributed by atoms with van der Waals surface area (Å²) in [5.74, 6) is 0.250. The molecule has 0 spiro atoms. The molecule has 0 radical (unpaired) electrons. The van der Waals surface area contributed by atoms with E-state index in [1.165, 1.54) is 0 Å². The zero-order valence-electron chi connectivity index (χ0n) is 12.1. The van der Waals surface area contributed by atoms with E-state index < -0.39 is 0 Å². The molecule has 1 aliphatic heterocycles. The van der Waals surface area contributed by atoms with Crippen LogP contribution < -0.4 is 5.32 Å². The smallest absolute Gasteiger partial charge is 0.128 e. The minimum Gasteiger partial charge on any atom is -0.378 e. The SMILES string of the molecule is CCNC(c1cc(C)ccc1F)C1CCOC1CC. The van der Waals surface area contributed by atoms with Gasteiger partial charge in [0.1, 0.15) is 5.82 Å². The van der Waals surface area contributed by atoms with E-state index in [0.29, 0.717) is 5.92 Å². The molecule has 3 unspecified atom stereocenters. The van der Waals surface area contributed by atoms with E-state index in [-0.39, 0.29) is 18.0 Å². The first-order chi connectivity index (χ1) is 9.17. The van der Waals surface area contributed by atoms with Gasteiger partial charge in [-0.3, -0.25) is 0 Å². The Kier molecular flexibility index (Phi) is 4.94. The van der Waals surface area contributed by atoms with Gasteiger partial charge in [-0.25, -0.2) is 4.39 Å². The van der Waals surface area contributed by atoms with Crippen LogP contribution in [0.3, 0.4) is 0 Å². The summed E-state index contributed by atoms with van der Waals surface area (Å²) in [6.07, 6.45) is 2.23. The average molecular weight is 265 g/mol. The third-order valence-corrected chi connectivity index (χ3v) is 4.00. The molecular formula is C16H24FNO. The number of hydrogen-bond acceptors (Lipinski definition) is 2. The Hall–Kier alpha value is -0.930. The fraction of sp³-hybridized carbons (Fsp3) is 0.625. The number of rotatable bonds is 5. The molecule has 2 nitrogen and oxygen atoms in total. The van der Waals surface area contributed by atoms with Crippen LogP contribution in [0.1, 0.15) is 43.9 Å². The van der Waals surface area contributed by atoms with Crippen molar-refractivity contribution < 1.29 is 9.13 Å². The van der Waals surface area contributed by atoms with Crippen LogP contribution in [0, 0.1) is 18.7 Å². The minimum absolute atomic E-state index is 0.0531. The number of halogens is 1. The van der Waals surface area contributed by atoms with Crippen molar-refractivity contribution in [2.24, 2.45) is 5.92 Å². The summed E-state index contributed by atoms with van der Waals surface area (Å²) < 4.78 is 19.9. The Morgan fingerprint density at radius 1 is 1.42 bits per heavy atom. The lowest BCUT2D eigenvalue weighted by atomic mass is 9.86. The number of hydrogen-bond donors (Lipinski definition) is 1. The second-order valence-corrected chi connectivity index (χ2v) is 5.33. The van der Waals surface area contributed by atoms with Crippen LogP contribution in [-0.2, 0) is 4.74 Å². The molecule has 0 aromatic heterocycles. The first-order valence-corrected chi connectivity index (χ1v) is 7.28. The Morgan fingerprint density at radius 3 is 2.89 bits per heavy atom. The van der Waals surface area contributed by atoms with Crippen molar-refractivity contribution in [3.05, 3.63) is 35.1 Å². The standard InChI is InChI=1S/C16H24FNO/c1-4-15-12(8-9-19-15)16(18-5-2)13-10-11(3)6-7-14(13)17/h6-7,10,12,15-16,18H,4-5,8-9H2,1-3H3. The molecule has 1 heterocycles. The van der Waals surface area contributed by atoms with Crippen molar-refractivity contribution >= 4 is 0 Å². The van der Waals surface area contributed by atoms with Crippen LogP contribution in [0.5, 0.6) is 0 Å². The normalized spacial score (nSPS) is 24.6. The first-order valence-electron chi connectivity index (χ1n) is 7.28. The third-order valence-electron chi connectivity index (χ3n) is 4.00. The van der Waals surface area contributed by atoms with E-state index in [2.05, 4.69) is 19.2 Å². The lowest BCUT2D eigenvalue weighted by molar-refractivity contribution is 0.0772. The van der Waals surface area contributed by atoms with Crippen molar-refractivity contribution in [3.8, 4) is 0 Å². The molecule has 1 N–H and O–H groups in total. The second kappa shape index (κ2) is 6.49. The maximum Gasteiger partial charge on any atom is 0.128 e. The van der Waals surface area contributed by atoms with E-state index in [9.17, 15) is 4.39 Å². The molecule has 0 bridgehead atoms. The van der Waals surface area contributed by atoms with Crippen molar-refractivity contribution in [1.29, 1.82) is 0 Å². The molecule has 19 heavy (non-hydrogen) atoms. The summed E-state index contributed by atoms with van der Waals surface area (Å²) in [4.78, 5) is 0. The quantitative estimate of drug-likeness (QED) is 0.878. The van der Waals surface area contributed by atoms with Gasteiger partial charge in [0.2, 0.25) is 0 Å². The van der Waals surface area contributed by atoms with Crippen molar-refractivity contribution in [3.63, 3.8) is 0 Å². The number of benzene rings is 1. The molecule has 1 saturated heterocycles. The maximum atomic E-state index is 14.1. The van der Waals surface area contributed by atoms with Gasteiger partial charge in [0, 0.05) is 24.1 Å². The number of nitrogens with one attached hydrogen (secondary N) is 1. The number of aryl methyl sites for hydroxylation is 1. The van der Waals surface area contributed by atoms with E-state index in [0.717, 1.165) is 37.1 Å². The Morgan fingerprint density at radius 2 is 2.21 bits per heavy atom. The largest absolute Gasteiger partial charge is 0.378 e. The van der Waals surface area contributed by atoms with Crippen molar-refractivity contribution in [2.75, 3.05) is 13.2 Å². The van der Waals surface area contributed by atoms with E-state index in [4.69, 9.17) is 4.74 Å². The van der Waals surface area contributed by atoms with Crippen molar-refractivity contribution in [1.82, 2.24) is 5.32 Å². The van der Waals surface area contributed by atoms with Gasteiger partial charge in [0.15, 0.2) is 0 Å². The summed E-state index contributed by atoms with van der Waals surface area (Å²) in [7, 11) is 0. The molecule has 0 aliphatic carbocycles. The van der Waals surface area contributed by atoms with E-state index in [1.807, 2.05) is 19.1 Å². The molecule has 1 aliphatic rings. The fourth-order valence-electron chi connectivity index (χ4n) is 3.08. The van der Waals surface area contributed by atoms with Gasteiger partial charge in [0.05, 0.1) is 6.10 Å². The van der Waals surface area contributed by atoms with Crippen molar-refractivity contribution in [2.45, 2.75) is 45.8 Å². The van der Waals surface area contributed by atoms with Gasteiger partial charge in [-0.15, -0.1) is 0 Å². The first kappa shape index (κ1) is 14.5. The fourth-order valence-corrected chi connectivity index (χ4v) is 3.08. The number of ether oxygens (including phenoxy) is 1. The van der Waals surface area contributed by atoms with Gasteiger partial charge < -0.3 is 10.1 Å². The summed E-state index contributed by atoms with van der Waals surface area (Å²) in [6.45, 7) is 7.84. The third kappa shape index (κ3) is 3.15. The molecule has 3 atom stereocenters. The lowest BCUT2D eigenvalue weighted by Gasteiger charge is -2.28. The van der Waals surface area contributed by atoms with Gasteiger partial charge in [-0.05, 0) is 32.4 Å². The highest BCUT2D eigenvalue weighted by atomic mass is 19.1. The van der Waals surface area contributed by atoms with E-state index in [1.54, 1.807) is 6.07 Å². The molecule has 1 aromatic rings. The van der Waals surface area contributed by atoms with Crippen LogP contribution in [-0.4, -0.2) is 19.3 Å². The van der Waals surface area contributed by atoms with Gasteiger partial charge in [-0.2, -0.15) is 0 Å². The van der Waals surface area contributed by atoms with E-state index >= 15 is 0 Å². The molecule has 2 rings (SSSR count). The highest BCUT2D eigenvalue weighted by Crippen LogP contribution is 2.36. The molecule has 0 saturated carbocycles. The predicted molar refractivity (Wildman–Crippen MR) is 75.7 cm³/mol. The van der Waals surface area contributed by atoms with Crippen LogP contribution in [0.25, 0.3) is 0 Å². The minimum atomic E-state index is -0.113. The average Bonchev–Trinajstić information content (AvgIpc) is 2.87. The highest BCUT2D eigenvalue weighted by Gasteiger charge is 2.35. The van der Waals surface area contributed by atoms with Gasteiger partial charge >= 0.3 is 0 Å². The van der Waals surface area contributed by atoms with Gasteiger partial charge in [-0.1, -0.05) is 31.5 Å². The van der Waals surface area contributed by atoms with Crippen LogP contribution >= 0.6 is 0 Å². The maximum absolute atomic E-state index is 14.1. The second-order valence-electron chi connectivity index (χ2n) is 5.33. The zero-order chi connectivity index (χ0) is 13.8. The summed E-state index contributed by atoms with van der Waals surface area (Å²) >= 11 is 0. The summed E-state index contributed by atoms with van der Waals surface area (Å²) in [5.41, 5.74) is 1.89. The highest BCUT2D eigenvalue weighted by molar-refractivity contribution is 5.28. The van der Waals surface area contributed by atoms with Crippen LogP contribution in [0.4, 0.5) is 4.39 Å². The molecule has 106 valence electrons. The van der Waals surface area contributed by atoms with Crippen LogP contribution in [0.2, 0.25) is 0 Å². The topological polar surface area (TPSA) is 21.3 Å². The molecule has 0 amide bonds. The molecule has 1 fully saturated rings. The van der Waals surface area contributed by atoms with Gasteiger partial charge in [0.25, 0.3) is 0 Å². The lowest BCUT2D eigenvalue weighted by Crippen LogP contribution is -2.33. The monoisotopic (exact) mass is 265 g/mol. The van der Waals surface area contributed by atoms with Crippen LogP contribution in [0.15, 0.2) is 18.2 Å². The summed E-state index contributed by atoms with van der Waals surface area (Å²) in [5, 5.41) is 3.45. The summed E-state index contributed by atoms with van der Waals surface area (Å²) in [6, 6.07) is 5.42. The zero-order valence-corrected chi connectivity index (χ0v) is 12.1. The molecular weight excluding hydrogens is 241 g/mol. The molecule has 3 heteroatoms. The predicted octanol–water partition coefficient (Wildman–Crippen LogP) is 3.60. The Bertz CT molecular complexity index is 421. The Labute approximate surface area is 115 Å². The molecule has 1 aromatic carbocycles. The Balaban J connectivity index is 2.31.